The molecule has 0 aromatic heterocycles. The average Bonchev–Trinajstić information content (AvgIpc) is 2.47. The molecule has 0 atom stereocenters. The number of rotatable bonds is 2. The van der Waals surface area contributed by atoms with Gasteiger partial charge in [0, 0.05) is 13.1 Å². The van der Waals surface area contributed by atoms with E-state index in [-0.39, 0.29) is 12.5 Å². The maximum atomic E-state index is 12.0. The van der Waals surface area contributed by atoms with E-state index in [1.807, 2.05) is 0 Å². The fourth-order valence-corrected chi connectivity index (χ4v) is 2.19. The second-order valence-electron chi connectivity index (χ2n) is 4.80. The molecular weight excluding hydrogens is 238 g/mol. The van der Waals surface area contributed by atoms with E-state index in [9.17, 15) is 14.4 Å². The highest BCUT2D eigenvalue weighted by Gasteiger charge is 2.46. The van der Waals surface area contributed by atoms with Gasteiger partial charge in [0.05, 0.1) is 0 Å². The van der Waals surface area contributed by atoms with Crippen LogP contribution in [0.4, 0.5) is 4.79 Å². The molecule has 1 heterocycles. The highest BCUT2D eigenvalue weighted by atomic mass is 16.4. The van der Waals surface area contributed by atoms with Crippen molar-refractivity contribution < 1.29 is 19.5 Å². The Bertz CT molecular complexity index is 378. The Hall–Kier alpha value is -1.79. The topological polar surface area (TPSA) is 98.7 Å². The van der Waals surface area contributed by atoms with Crippen LogP contribution in [0.25, 0.3) is 0 Å². The summed E-state index contributed by atoms with van der Waals surface area (Å²) >= 11 is 0. The molecule has 1 aliphatic heterocycles. The number of carbonyl (C=O) groups is 3. The molecule has 7 heteroatoms. The lowest BCUT2D eigenvalue weighted by Gasteiger charge is -2.39. The van der Waals surface area contributed by atoms with Crippen LogP contribution >= 0.6 is 0 Å². The first-order valence-corrected chi connectivity index (χ1v) is 6.11. The SMILES string of the molecule is O=C1CN(C(=O)NC2(C(=O)O)CCC2)CCCN1. The molecule has 7 nitrogen and oxygen atoms in total. The molecule has 0 bridgehead atoms. The zero-order valence-corrected chi connectivity index (χ0v) is 10.1. The van der Waals surface area contributed by atoms with E-state index in [0.29, 0.717) is 32.4 Å². The third-order valence-electron chi connectivity index (χ3n) is 3.51. The van der Waals surface area contributed by atoms with Gasteiger partial charge in [-0.1, -0.05) is 0 Å². The molecule has 1 saturated carbocycles. The van der Waals surface area contributed by atoms with Gasteiger partial charge in [0.15, 0.2) is 0 Å². The summed E-state index contributed by atoms with van der Waals surface area (Å²) in [7, 11) is 0. The fraction of sp³-hybridized carbons (Fsp3) is 0.727. The smallest absolute Gasteiger partial charge is 0.329 e. The number of carbonyl (C=O) groups excluding carboxylic acids is 2. The van der Waals surface area contributed by atoms with Gasteiger partial charge < -0.3 is 20.6 Å². The zero-order valence-electron chi connectivity index (χ0n) is 10.1. The standard InChI is InChI=1S/C11H17N3O4/c15-8-7-14(6-2-5-12-8)10(18)13-11(9(16)17)3-1-4-11/h1-7H2,(H,12,15)(H,13,18)(H,16,17). The fourth-order valence-electron chi connectivity index (χ4n) is 2.19. The highest BCUT2D eigenvalue weighted by Crippen LogP contribution is 2.32. The Morgan fingerprint density at radius 2 is 2.06 bits per heavy atom. The van der Waals surface area contributed by atoms with Crippen molar-refractivity contribution in [3.05, 3.63) is 0 Å². The van der Waals surface area contributed by atoms with Crippen molar-refractivity contribution >= 4 is 17.9 Å². The van der Waals surface area contributed by atoms with Crippen LogP contribution in [-0.4, -0.2) is 53.1 Å². The Balaban J connectivity index is 1.98. The van der Waals surface area contributed by atoms with Gasteiger partial charge in [-0.25, -0.2) is 9.59 Å². The van der Waals surface area contributed by atoms with Crippen LogP contribution in [0.2, 0.25) is 0 Å². The molecule has 0 radical (unpaired) electrons. The first-order valence-electron chi connectivity index (χ1n) is 6.11. The van der Waals surface area contributed by atoms with Crippen molar-refractivity contribution in [3.8, 4) is 0 Å². The number of carboxylic acid groups (broad SMARTS) is 1. The second-order valence-corrected chi connectivity index (χ2v) is 4.80. The number of hydrogen-bond donors (Lipinski definition) is 3. The largest absolute Gasteiger partial charge is 0.480 e. The molecule has 1 aliphatic carbocycles. The summed E-state index contributed by atoms with van der Waals surface area (Å²) in [5.41, 5.74) is -1.13. The van der Waals surface area contributed by atoms with E-state index in [1.165, 1.54) is 4.90 Å². The Kier molecular flexibility index (Phi) is 3.40. The summed E-state index contributed by atoms with van der Waals surface area (Å²) in [5.74, 6) is -1.21. The Morgan fingerprint density at radius 1 is 1.33 bits per heavy atom. The van der Waals surface area contributed by atoms with Crippen LogP contribution in [0.15, 0.2) is 0 Å². The maximum absolute atomic E-state index is 12.0. The number of urea groups is 1. The highest BCUT2D eigenvalue weighted by molar-refractivity contribution is 5.89. The predicted molar refractivity (Wildman–Crippen MR) is 61.9 cm³/mol. The number of nitrogens with one attached hydrogen (secondary N) is 2. The van der Waals surface area contributed by atoms with Crippen molar-refractivity contribution in [2.24, 2.45) is 0 Å². The number of carboxylic acids is 1. The molecule has 2 fully saturated rings. The van der Waals surface area contributed by atoms with E-state index in [1.54, 1.807) is 0 Å². The lowest BCUT2D eigenvalue weighted by atomic mass is 9.77. The molecule has 2 rings (SSSR count). The van der Waals surface area contributed by atoms with E-state index in [0.717, 1.165) is 6.42 Å². The predicted octanol–water partition coefficient (Wildman–Crippen LogP) is -0.475. The monoisotopic (exact) mass is 255 g/mol. The van der Waals surface area contributed by atoms with Crippen LogP contribution in [0.5, 0.6) is 0 Å². The van der Waals surface area contributed by atoms with Gasteiger partial charge in [-0.15, -0.1) is 0 Å². The van der Waals surface area contributed by atoms with Gasteiger partial charge in [-0.2, -0.15) is 0 Å². The Labute approximate surface area is 105 Å². The van der Waals surface area contributed by atoms with Crippen molar-refractivity contribution in [3.63, 3.8) is 0 Å². The third-order valence-corrected chi connectivity index (χ3v) is 3.51. The molecule has 0 aromatic carbocycles. The van der Waals surface area contributed by atoms with Crippen LogP contribution in [-0.2, 0) is 9.59 Å². The van der Waals surface area contributed by atoms with E-state index in [2.05, 4.69) is 10.6 Å². The molecule has 3 amide bonds. The van der Waals surface area contributed by atoms with Crippen molar-refractivity contribution in [2.45, 2.75) is 31.2 Å². The molecule has 1 saturated heterocycles. The van der Waals surface area contributed by atoms with E-state index < -0.39 is 17.5 Å². The number of hydrogen-bond acceptors (Lipinski definition) is 3. The number of nitrogens with zero attached hydrogens (tertiary/aromatic N) is 1. The molecule has 18 heavy (non-hydrogen) atoms. The van der Waals surface area contributed by atoms with Gasteiger partial charge in [0.2, 0.25) is 5.91 Å². The van der Waals surface area contributed by atoms with Gasteiger partial charge >= 0.3 is 12.0 Å². The summed E-state index contributed by atoms with van der Waals surface area (Å²) in [6, 6.07) is -0.464. The minimum absolute atomic E-state index is 0.0124. The summed E-state index contributed by atoms with van der Waals surface area (Å²) in [6.45, 7) is 0.995. The number of aliphatic carboxylic acids is 1. The normalized spacial score (nSPS) is 22.4. The van der Waals surface area contributed by atoms with Gasteiger partial charge in [-0.3, -0.25) is 4.79 Å². The molecular formula is C11H17N3O4. The number of amides is 3. The summed E-state index contributed by atoms with van der Waals surface area (Å²) in [5, 5.41) is 14.3. The molecule has 3 N–H and O–H groups in total. The van der Waals surface area contributed by atoms with Crippen LogP contribution < -0.4 is 10.6 Å². The van der Waals surface area contributed by atoms with E-state index in [4.69, 9.17) is 5.11 Å². The van der Waals surface area contributed by atoms with Crippen LogP contribution in [0.1, 0.15) is 25.7 Å². The summed E-state index contributed by atoms with van der Waals surface area (Å²) in [4.78, 5) is 35.8. The minimum atomic E-state index is -1.13. The zero-order chi connectivity index (χ0) is 13.2. The quantitative estimate of drug-likeness (QED) is 0.621. The average molecular weight is 255 g/mol. The summed E-state index contributed by atoms with van der Waals surface area (Å²) < 4.78 is 0. The molecule has 0 unspecified atom stereocenters. The van der Waals surface area contributed by atoms with Crippen molar-refractivity contribution in [1.82, 2.24) is 15.5 Å². The van der Waals surface area contributed by atoms with Crippen molar-refractivity contribution in [2.75, 3.05) is 19.6 Å². The molecule has 100 valence electrons. The first kappa shape index (κ1) is 12.7. The minimum Gasteiger partial charge on any atom is -0.480 e. The van der Waals surface area contributed by atoms with Gasteiger partial charge in [0.25, 0.3) is 0 Å². The van der Waals surface area contributed by atoms with E-state index >= 15 is 0 Å². The lowest BCUT2D eigenvalue weighted by Crippen LogP contribution is -2.62. The van der Waals surface area contributed by atoms with Crippen LogP contribution in [0, 0.1) is 0 Å². The lowest BCUT2D eigenvalue weighted by molar-refractivity contribution is -0.148. The second kappa shape index (κ2) is 4.83. The molecule has 0 aromatic rings. The molecule has 2 aliphatic rings. The summed E-state index contributed by atoms with van der Waals surface area (Å²) in [6.07, 6.45) is 2.38. The van der Waals surface area contributed by atoms with Crippen LogP contribution in [0.3, 0.4) is 0 Å². The maximum Gasteiger partial charge on any atom is 0.329 e. The van der Waals surface area contributed by atoms with Gasteiger partial charge in [-0.05, 0) is 25.7 Å². The molecule has 0 spiro atoms. The third kappa shape index (κ3) is 2.39. The van der Waals surface area contributed by atoms with Gasteiger partial charge in [0.1, 0.15) is 12.1 Å². The van der Waals surface area contributed by atoms with Crippen molar-refractivity contribution in [1.29, 1.82) is 0 Å². The first-order chi connectivity index (χ1) is 8.53. The Morgan fingerprint density at radius 3 is 2.61 bits per heavy atom.